The number of nitrogens with two attached hydrogens (primary N) is 1. The molecular weight excluding hydrogens is 461 g/mol. The lowest BCUT2D eigenvalue weighted by Gasteiger charge is -2.37. The van der Waals surface area contributed by atoms with Crippen LogP contribution in [0.1, 0.15) is 31.4 Å². The third-order valence-electron chi connectivity index (χ3n) is 7.02. The van der Waals surface area contributed by atoms with Crippen molar-refractivity contribution in [2.24, 2.45) is 22.6 Å². The SMILES string of the molecule is COc1cccc2cc(C3=C4C(N)=NC=CN4C(C4CCC(CNC(=O)C(F)(F)F)CC4)N3)[nH]c12. The molecule has 5 N–H and O–H groups in total. The molecule has 3 heterocycles. The van der Waals surface area contributed by atoms with Crippen LogP contribution in [0.5, 0.6) is 5.75 Å². The van der Waals surface area contributed by atoms with Crippen molar-refractivity contribution < 1.29 is 22.7 Å². The van der Waals surface area contributed by atoms with Crippen LogP contribution >= 0.6 is 0 Å². The maximum Gasteiger partial charge on any atom is 0.471 e. The number of alkyl halides is 3. The molecule has 0 saturated heterocycles. The van der Waals surface area contributed by atoms with Gasteiger partial charge in [-0.25, -0.2) is 4.99 Å². The number of amidine groups is 1. The second kappa shape index (κ2) is 8.86. The number of hydrogen-bond acceptors (Lipinski definition) is 6. The van der Waals surface area contributed by atoms with E-state index in [0.717, 1.165) is 59.4 Å². The molecule has 0 bridgehead atoms. The molecule has 1 aromatic carbocycles. The number of para-hydroxylation sites is 1. The van der Waals surface area contributed by atoms with Crippen molar-refractivity contribution >= 4 is 28.3 Å². The first-order chi connectivity index (χ1) is 16.8. The predicted octanol–water partition coefficient (Wildman–Crippen LogP) is 3.40. The van der Waals surface area contributed by atoms with Gasteiger partial charge in [0.15, 0.2) is 0 Å². The third kappa shape index (κ3) is 4.30. The van der Waals surface area contributed by atoms with E-state index in [2.05, 4.69) is 20.2 Å². The lowest BCUT2D eigenvalue weighted by molar-refractivity contribution is -0.173. The number of ether oxygens (including phenoxy) is 1. The van der Waals surface area contributed by atoms with E-state index in [-0.39, 0.29) is 24.5 Å². The summed E-state index contributed by atoms with van der Waals surface area (Å²) in [7, 11) is 1.63. The molecule has 2 aromatic rings. The predicted molar refractivity (Wildman–Crippen MR) is 126 cm³/mol. The van der Waals surface area contributed by atoms with Gasteiger partial charge in [-0.2, -0.15) is 13.2 Å². The highest BCUT2D eigenvalue weighted by Crippen LogP contribution is 2.39. The number of nitrogens with one attached hydrogen (secondary N) is 3. The Labute approximate surface area is 200 Å². The fourth-order valence-electron chi connectivity index (χ4n) is 5.26. The van der Waals surface area contributed by atoms with Gasteiger partial charge in [-0.3, -0.25) is 4.79 Å². The second-order valence-corrected chi connectivity index (χ2v) is 9.13. The number of aromatic nitrogens is 1. The first-order valence-electron chi connectivity index (χ1n) is 11.6. The van der Waals surface area contributed by atoms with Crippen LogP contribution < -0.4 is 21.1 Å². The fraction of sp³-hybridized carbons (Fsp3) is 0.417. The van der Waals surface area contributed by atoms with E-state index in [1.165, 1.54) is 0 Å². The number of rotatable bonds is 5. The van der Waals surface area contributed by atoms with E-state index in [0.29, 0.717) is 5.84 Å². The van der Waals surface area contributed by atoms with Gasteiger partial charge in [0.2, 0.25) is 0 Å². The number of amides is 1. The van der Waals surface area contributed by atoms with Gasteiger partial charge in [0, 0.05) is 24.3 Å². The van der Waals surface area contributed by atoms with Crippen LogP contribution in [0.15, 0.2) is 47.4 Å². The van der Waals surface area contributed by atoms with Crippen molar-refractivity contribution in [2.45, 2.75) is 38.0 Å². The minimum absolute atomic E-state index is 0.0237. The summed E-state index contributed by atoms with van der Waals surface area (Å²) in [6, 6.07) is 7.87. The van der Waals surface area contributed by atoms with E-state index in [1.807, 2.05) is 35.8 Å². The van der Waals surface area contributed by atoms with Crippen molar-refractivity contribution in [2.75, 3.05) is 13.7 Å². The lowest BCUT2D eigenvalue weighted by Crippen LogP contribution is -2.45. The first kappa shape index (κ1) is 23.1. The number of halogens is 3. The standard InChI is InChI=1S/C24H27F3N6O2/c1-35-17-4-2-3-15-11-16(31-18(15)17)19-20-21(28)29-9-10-33(20)22(32-19)14-7-5-13(6-8-14)12-30-23(34)24(25,26)27/h2-4,9-11,13-14,22,31-32H,5-8,12H2,1H3,(H2,28,29)(H,30,34). The van der Waals surface area contributed by atoms with Crippen molar-refractivity contribution in [3.63, 3.8) is 0 Å². The molecule has 11 heteroatoms. The summed E-state index contributed by atoms with van der Waals surface area (Å²) in [5.74, 6) is -0.459. The number of nitrogens with zero attached hydrogens (tertiary/aromatic N) is 2. The Kier molecular flexibility index (Phi) is 5.86. The molecule has 1 amide bonds. The van der Waals surface area contributed by atoms with Crippen molar-refractivity contribution in [3.8, 4) is 5.75 Å². The van der Waals surface area contributed by atoms with Crippen molar-refractivity contribution in [3.05, 3.63) is 48.1 Å². The minimum atomic E-state index is -4.85. The molecule has 0 radical (unpaired) electrons. The molecule has 1 unspecified atom stereocenters. The number of H-pyrrole nitrogens is 1. The van der Waals surface area contributed by atoms with Gasteiger partial charge >= 0.3 is 12.1 Å². The van der Waals surface area contributed by atoms with Gasteiger partial charge in [-0.05, 0) is 49.7 Å². The Hall–Kier alpha value is -3.63. The van der Waals surface area contributed by atoms with Crippen LogP contribution in [-0.2, 0) is 4.79 Å². The minimum Gasteiger partial charge on any atom is -0.495 e. The number of fused-ring (bicyclic) bond motifs is 2. The highest BCUT2D eigenvalue weighted by molar-refractivity contribution is 6.05. The molecule has 8 nitrogen and oxygen atoms in total. The summed E-state index contributed by atoms with van der Waals surface area (Å²) in [6.07, 6.45) is 1.74. The maximum atomic E-state index is 12.5. The van der Waals surface area contributed by atoms with Crippen molar-refractivity contribution in [1.29, 1.82) is 0 Å². The Morgan fingerprint density at radius 2 is 2.06 bits per heavy atom. The Morgan fingerprint density at radius 1 is 1.29 bits per heavy atom. The summed E-state index contributed by atoms with van der Waals surface area (Å²) in [5, 5.41) is 6.67. The smallest absolute Gasteiger partial charge is 0.471 e. The fourth-order valence-corrected chi connectivity index (χ4v) is 5.26. The lowest BCUT2D eigenvalue weighted by atomic mass is 9.80. The highest BCUT2D eigenvalue weighted by atomic mass is 19.4. The number of aliphatic imine (C=N–C) groups is 1. The molecule has 1 aromatic heterocycles. The zero-order valence-corrected chi connectivity index (χ0v) is 19.2. The zero-order chi connectivity index (χ0) is 24.7. The van der Waals surface area contributed by atoms with E-state index in [9.17, 15) is 18.0 Å². The Bertz CT molecular complexity index is 1220. The molecule has 186 valence electrons. The molecule has 1 atom stereocenters. The van der Waals surface area contributed by atoms with Crippen LogP contribution in [0.2, 0.25) is 0 Å². The summed E-state index contributed by atoms with van der Waals surface area (Å²) in [4.78, 5) is 21.0. The van der Waals surface area contributed by atoms with Crippen LogP contribution in [0, 0.1) is 11.8 Å². The van der Waals surface area contributed by atoms with Crippen LogP contribution in [0.4, 0.5) is 13.2 Å². The zero-order valence-electron chi connectivity index (χ0n) is 19.2. The molecule has 1 fully saturated rings. The number of aromatic amines is 1. The first-order valence-corrected chi connectivity index (χ1v) is 11.6. The van der Waals surface area contributed by atoms with Gasteiger partial charge in [0.25, 0.3) is 0 Å². The molecule has 0 spiro atoms. The molecule has 3 aliphatic rings. The van der Waals surface area contributed by atoms with E-state index in [1.54, 1.807) is 13.3 Å². The second-order valence-electron chi connectivity index (χ2n) is 9.13. The van der Waals surface area contributed by atoms with E-state index in [4.69, 9.17) is 10.5 Å². The number of methoxy groups -OCH3 is 1. The molecule has 2 aliphatic heterocycles. The quantitative estimate of drug-likeness (QED) is 0.516. The van der Waals surface area contributed by atoms with E-state index < -0.39 is 12.1 Å². The molecule has 5 rings (SSSR count). The van der Waals surface area contributed by atoms with Crippen molar-refractivity contribution in [1.82, 2.24) is 20.5 Å². The van der Waals surface area contributed by atoms with Crippen LogP contribution in [0.3, 0.4) is 0 Å². The Morgan fingerprint density at radius 3 is 2.77 bits per heavy atom. The molecule has 1 saturated carbocycles. The van der Waals surface area contributed by atoms with Crippen LogP contribution in [0.25, 0.3) is 16.6 Å². The highest BCUT2D eigenvalue weighted by Gasteiger charge is 2.41. The van der Waals surface area contributed by atoms with Gasteiger partial charge < -0.3 is 31.0 Å². The number of carbonyl (C=O) groups excluding carboxylic acids is 1. The summed E-state index contributed by atoms with van der Waals surface area (Å²) in [5.41, 5.74) is 9.70. The Balaban J connectivity index is 1.32. The van der Waals surface area contributed by atoms with Gasteiger partial charge in [-0.15, -0.1) is 0 Å². The number of carbonyl (C=O) groups is 1. The average molecular weight is 489 g/mol. The molecule has 1 aliphatic carbocycles. The molecular formula is C24H27F3N6O2. The molecule has 35 heavy (non-hydrogen) atoms. The average Bonchev–Trinajstić information content (AvgIpc) is 3.44. The summed E-state index contributed by atoms with van der Waals surface area (Å²) in [6.45, 7) is 0.0397. The summed E-state index contributed by atoms with van der Waals surface area (Å²) >= 11 is 0. The van der Waals surface area contributed by atoms with E-state index >= 15 is 0 Å². The van der Waals surface area contributed by atoms with Gasteiger partial charge in [-0.1, -0.05) is 12.1 Å². The third-order valence-corrected chi connectivity index (χ3v) is 7.02. The topological polar surface area (TPSA) is 108 Å². The monoisotopic (exact) mass is 488 g/mol. The van der Waals surface area contributed by atoms with Crippen LogP contribution in [-0.4, -0.2) is 47.6 Å². The number of benzene rings is 1. The van der Waals surface area contributed by atoms with Gasteiger partial charge in [0.05, 0.1) is 24.0 Å². The largest absolute Gasteiger partial charge is 0.495 e. The van der Waals surface area contributed by atoms with Gasteiger partial charge in [0.1, 0.15) is 23.4 Å². The summed E-state index contributed by atoms with van der Waals surface area (Å²) < 4.78 is 42.9. The maximum absolute atomic E-state index is 12.5. The number of hydrogen-bond donors (Lipinski definition) is 4. The normalized spacial score (nSPS) is 24.3.